The highest BCUT2D eigenvalue weighted by Gasteiger charge is 2.25. The molecule has 122 valence electrons. The summed E-state index contributed by atoms with van der Waals surface area (Å²) in [5.41, 5.74) is 0.443. The first kappa shape index (κ1) is 16.5. The molecule has 0 aliphatic heterocycles. The van der Waals surface area contributed by atoms with Crippen LogP contribution in [-0.2, 0) is 4.79 Å². The fourth-order valence-corrected chi connectivity index (χ4v) is 2.86. The van der Waals surface area contributed by atoms with Crippen molar-refractivity contribution in [3.63, 3.8) is 0 Å². The third kappa shape index (κ3) is 4.10. The van der Waals surface area contributed by atoms with Gasteiger partial charge in [-0.25, -0.2) is 0 Å². The van der Waals surface area contributed by atoms with Crippen molar-refractivity contribution >= 4 is 11.8 Å². The summed E-state index contributed by atoms with van der Waals surface area (Å²) in [6, 6.07) is 1.58. The molecule has 1 aromatic rings. The zero-order valence-corrected chi connectivity index (χ0v) is 13.2. The second-order valence-electron chi connectivity index (χ2n) is 5.96. The van der Waals surface area contributed by atoms with Crippen LogP contribution >= 0.6 is 0 Å². The van der Waals surface area contributed by atoms with Crippen LogP contribution in [0.2, 0.25) is 0 Å². The molecule has 2 N–H and O–H groups in total. The lowest BCUT2D eigenvalue weighted by Gasteiger charge is -2.31. The zero-order valence-electron chi connectivity index (χ0n) is 13.2. The van der Waals surface area contributed by atoms with E-state index in [9.17, 15) is 14.7 Å². The van der Waals surface area contributed by atoms with E-state index >= 15 is 0 Å². The van der Waals surface area contributed by atoms with Crippen molar-refractivity contribution in [2.45, 2.75) is 38.7 Å². The Kier molecular flexibility index (Phi) is 5.60. The topological polar surface area (TPSA) is 82.8 Å². The molecule has 6 nitrogen and oxygen atoms in total. The summed E-state index contributed by atoms with van der Waals surface area (Å²) in [4.78, 5) is 25.6. The van der Waals surface area contributed by atoms with Crippen LogP contribution in [-0.4, -0.2) is 48.1 Å². The van der Waals surface area contributed by atoms with Crippen molar-refractivity contribution in [1.29, 1.82) is 0 Å². The maximum absolute atomic E-state index is 12.1. The molecule has 1 saturated carbocycles. The first-order chi connectivity index (χ1) is 10.5. The number of hydrogen-bond donors (Lipinski definition) is 2. The minimum atomic E-state index is -0.327. The molecule has 22 heavy (non-hydrogen) atoms. The van der Waals surface area contributed by atoms with E-state index in [4.69, 9.17) is 4.42 Å². The fraction of sp³-hybridized carbons (Fsp3) is 0.625. The van der Waals surface area contributed by atoms with Crippen LogP contribution in [0.4, 0.5) is 0 Å². The lowest BCUT2D eigenvalue weighted by molar-refractivity contribution is -0.130. The van der Waals surface area contributed by atoms with Crippen LogP contribution in [0.5, 0.6) is 0 Å². The summed E-state index contributed by atoms with van der Waals surface area (Å²) >= 11 is 0. The highest BCUT2D eigenvalue weighted by atomic mass is 16.3. The zero-order chi connectivity index (χ0) is 16.1. The average Bonchev–Trinajstić information content (AvgIpc) is 2.93. The Morgan fingerprint density at radius 3 is 2.77 bits per heavy atom. The normalized spacial score (nSPS) is 21.4. The van der Waals surface area contributed by atoms with Gasteiger partial charge in [-0.1, -0.05) is 12.8 Å². The van der Waals surface area contributed by atoms with E-state index in [-0.39, 0.29) is 30.4 Å². The minimum absolute atomic E-state index is 0.0528. The van der Waals surface area contributed by atoms with Gasteiger partial charge in [0.25, 0.3) is 5.91 Å². The van der Waals surface area contributed by atoms with Gasteiger partial charge in [-0.05, 0) is 25.8 Å². The van der Waals surface area contributed by atoms with Gasteiger partial charge >= 0.3 is 0 Å². The Morgan fingerprint density at radius 2 is 2.14 bits per heavy atom. The summed E-state index contributed by atoms with van der Waals surface area (Å²) in [6.07, 6.45) is 5.02. The number of carbonyl (C=O) groups excluding carboxylic acids is 2. The monoisotopic (exact) mass is 308 g/mol. The van der Waals surface area contributed by atoms with Crippen molar-refractivity contribution in [3.05, 3.63) is 23.7 Å². The Bertz CT molecular complexity index is 526. The highest BCUT2D eigenvalue weighted by Crippen LogP contribution is 2.24. The van der Waals surface area contributed by atoms with E-state index in [0.29, 0.717) is 17.9 Å². The van der Waals surface area contributed by atoms with Crippen LogP contribution in [0.25, 0.3) is 0 Å². The van der Waals surface area contributed by atoms with E-state index < -0.39 is 0 Å². The van der Waals surface area contributed by atoms with Crippen molar-refractivity contribution in [2.75, 3.05) is 20.1 Å². The first-order valence-corrected chi connectivity index (χ1v) is 7.73. The molecule has 0 bridgehead atoms. The molecule has 0 spiro atoms. The number of rotatable bonds is 5. The first-order valence-electron chi connectivity index (χ1n) is 7.73. The molecule has 0 saturated heterocycles. The van der Waals surface area contributed by atoms with E-state index in [2.05, 4.69) is 5.32 Å². The second-order valence-corrected chi connectivity index (χ2v) is 5.96. The van der Waals surface area contributed by atoms with Crippen molar-refractivity contribution in [3.8, 4) is 0 Å². The van der Waals surface area contributed by atoms with Gasteiger partial charge in [0.2, 0.25) is 5.91 Å². The van der Waals surface area contributed by atoms with Gasteiger partial charge in [0.1, 0.15) is 5.76 Å². The van der Waals surface area contributed by atoms with Gasteiger partial charge < -0.3 is 19.7 Å². The van der Waals surface area contributed by atoms with Crippen molar-refractivity contribution in [1.82, 2.24) is 10.2 Å². The van der Waals surface area contributed by atoms with E-state index in [1.165, 1.54) is 6.26 Å². The fourth-order valence-electron chi connectivity index (χ4n) is 2.86. The van der Waals surface area contributed by atoms with Gasteiger partial charge in [-0.15, -0.1) is 0 Å². The molecule has 1 aromatic heterocycles. The van der Waals surface area contributed by atoms with E-state index in [0.717, 1.165) is 25.7 Å². The molecule has 6 heteroatoms. The molecule has 0 radical (unpaired) electrons. The molecular formula is C16H24N2O4. The number of aliphatic hydroxyl groups excluding tert-OH is 1. The molecule has 1 heterocycles. The maximum atomic E-state index is 12.1. The maximum Gasteiger partial charge on any atom is 0.255 e. The molecule has 2 atom stereocenters. The molecule has 2 rings (SSSR count). The van der Waals surface area contributed by atoms with Crippen LogP contribution in [0.1, 0.15) is 41.8 Å². The third-order valence-corrected chi connectivity index (χ3v) is 4.31. The largest absolute Gasteiger partial charge is 0.469 e. The predicted molar refractivity (Wildman–Crippen MR) is 81.4 cm³/mol. The highest BCUT2D eigenvalue weighted by molar-refractivity contribution is 5.97. The van der Waals surface area contributed by atoms with Gasteiger partial charge in [0.15, 0.2) is 0 Å². The number of amides is 2. The van der Waals surface area contributed by atoms with Crippen LogP contribution in [0.15, 0.2) is 16.7 Å². The summed E-state index contributed by atoms with van der Waals surface area (Å²) in [5.74, 6) is 0.191. The summed E-state index contributed by atoms with van der Waals surface area (Å²) in [5, 5.41) is 12.6. The summed E-state index contributed by atoms with van der Waals surface area (Å²) < 4.78 is 5.07. The van der Waals surface area contributed by atoms with Crippen molar-refractivity contribution < 1.29 is 19.1 Å². The second kappa shape index (κ2) is 7.45. The molecule has 2 amide bonds. The SMILES string of the molecule is Cc1occc1C(=O)NCC(=O)N(C)CC1CCCCC1O. The quantitative estimate of drug-likeness (QED) is 0.859. The van der Waals surface area contributed by atoms with Crippen molar-refractivity contribution in [2.24, 2.45) is 5.92 Å². The molecule has 1 fully saturated rings. The van der Waals surface area contributed by atoms with Gasteiger partial charge in [0, 0.05) is 19.5 Å². The number of nitrogens with zero attached hydrogens (tertiary/aromatic N) is 1. The minimum Gasteiger partial charge on any atom is -0.469 e. The molecule has 1 aliphatic rings. The molecule has 1 aliphatic carbocycles. The predicted octanol–water partition coefficient (Wildman–Crippen LogP) is 1.33. The number of furan rings is 1. The lowest BCUT2D eigenvalue weighted by atomic mass is 9.86. The lowest BCUT2D eigenvalue weighted by Crippen LogP contribution is -2.42. The Hall–Kier alpha value is -1.82. The van der Waals surface area contributed by atoms with E-state index in [1.807, 2.05) is 0 Å². The Labute approximate surface area is 130 Å². The van der Waals surface area contributed by atoms with Gasteiger partial charge in [0.05, 0.1) is 24.5 Å². The number of carbonyl (C=O) groups is 2. The van der Waals surface area contributed by atoms with Crippen LogP contribution in [0, 0.1) is 12.8 Å². The number of hydrogen-bond acceptors (Lipinski definition) is 4. The summed E-state index contributed by atoms with van der Waals surface area (Å²) in [7, 11) is 1.71. The van der Waals surface area contributed by atoms with Crippen LogP contribution < -0.4 is 5.32 Å². The standard InChI is InChI=1S/C16H24N2O4/c1-11-13(7-8-22-11)16(21)17-9-15(20)18(2)10-12-5-3-4-6-14(12)19/h7-8,12,14,19H,3-6,9-10H2,1-2H3,(H,17,21). The summed E-state index contributed by atoms with van der Waals surface area (Å²) in [6.45, 7) is 2.18. The smallest absolute Gasteiger partial charge is 0.255 e. The third-order valence-electron chi connectivity index (χ3n) is 4.31. The molecule has 0 aromatic carbocycles. The molecule has 2 unspecified atom stereocenters. The number of aryl methyl sites for hydroxylation is 1. The van der Waals surface area contributed by atoms with Gasteiger partial charge in [-0.3, -0.25) is 9.59 Å². The van der Waals surface area contributed by atoms with Crippen LogP contribution in [0.3, 0.4) is 0 Å². The number of likely N-dealkylation sites (N-methyl/N-ethyl adjacent to an activating group) is 1. The Balaban J connectivity index is 1.79. The number of nitrogens with one attached hydrogen (secondary N) is 1. The average molecular weight is 308 g/mol. The van der Waals surface area contributed by atoms with Gasteiger partial charge in [-0.2, -0.15) is 0 Å². The Morgan fingerprint density at radius 1 is 1.41 bits per heavy atom. The van der Waals surface area contributed by atoms with E-state index in [1.54, 1.807) is 24.9 Å². The number of aliphatic hydroxyl groups is 1. The molecular weight excluding hydrogens is 284 g/mol.